The highest BCUT2D eigenvalue weighted by atomic mass is 32.2. The molecule has 0 aromatic carbocycles. The molecule has 158 valence electrons. The van der Waals surface area contributed by atoms with Crippen LogP contribution < -0.4 is 0 Å². The fourth-order valence-corrected chi connectivity index (χ4v) is 5.84. The third-order valence-corrected chi connectivity index (χ3v) is 7.39. The molecule has 0 N–H and O–H groups in total. The van der Waals surface area contributed by atoms with E-state index in [4.69, 9.17) is 21.9 Å². The molecule has 0 saturated carbocycles. The van der Waals surface area contributed by atoms with Gasteiger partial charge in [-0.3, -0.25) is 13.6 Å². The Balaban J connectivity index is 5.22. The van der Waals surface area contributed by atoms with Crippen molar-refractivity contribution >= 4 is 27.7 Å². The first-order valence-corrected chi connectivity index (χ1v) is 12.9. The molecule has 26 heavy (non-hydrogen) atoms. The Labute approximate surface area is 163 Å². The number of hydrogen-bond acceptors (Lipinski definition) is 8. The standard InChI is InChI=1S/C16H36O7P2S/c1-13(2)9-19-24(17,20-10-14(3)4)22-25(18,21-11-15(5)6)23-26-12-16(7)8/h13-16H,9-12H2,1-8H3. The Hall–Kier alpha value is 0.610. The molecular formula is C16H36O7P2S. The molecule has 0 spiro atoms. The second-order valence-corrected chi connectivity index (χ2v) is 12.2. The summed E-state index contributed by atoms with van der Waals surface area (Å²) in [6.45, 7) is 15.8. The fourth-order valence-electron chi connectivity index (χ4n) is 1.22. The van der Waals surface area contributed by atoms with Crippen molar-refractivity contribution in [3.8, 4) is 0 Å². The second kappa shape index (κ2) is 12.9. The maximum absolute atomic E-state index is 13.0. The molecule has 0 heterocycles. The summed E-state index contributed by atoms with van der Waals surface area (Å²) in [5.74, 6) is 1.20. The third-order valence-electron chi connectivity index (χ3n) is 2.44. The van der Waals surface area contributed by atoms with Gasteiger partial charge >= 0.3 is 15.6 Å². The van der Waals surface area contributed by atoms with Crippen molar-refractivity contribution in [3.63, 3.8) is 0 Å². The maximum atomic E-state index is 13.0. The van der Waals surface area contributed by atoms with Crippen LogP contribution in [0.25, 0.3) is 0 Å². The highest BCUT2D eigenvalue weighted by molar-refractivity contribution is 7.98. The zero-order valence-corrected chi connectivity index (χ0v) is 19.9. The molecule has 0 radical (unpaired) electrons. The second-order valence-electron chi connectivity index (χ2n) is 7.80. The highest BCUT2D eigenvalue weighted by Crippen LogP contribution is 2.67. The Morgan fingerprint density at radius 2 is 1.04 bits per heavy atom. The molecule has 0 fully saturated rings. The van der Waals surface area contributed by atoms with Crippen LogP contribution in [0.15, 0.2) is 0 Å². The smallest absolute Gasteiger partial charge is 0.286 e. The first-order chi connectivity index (χ1) is 11.9. The van der Waals surface area contributed by atoms with Crippen LogP contribution in [0.1, 0.15) is 55.4 Å². The van der Waals surface area contributed by atoms with E-state index >= 15 is 0 Å². The molecule has 0 rings (SSSR count). The van der Waals surface area contributed by atoms with Crippen LogP contribution in [0.4, 0.5) is 0 Å². The predicted molar refractivity (Wildman–Crippen MR) is 107 cm³/mol. The minimum Gasteiger partial charge on any atom is -0.286 e. The minimum atomic E-state index is -4.12. The van der Waals surface area contributed by atoms with Crippen LogP contribution in [0, 0.1) is 23.7 Å². The molecule has 0 aromatic rings. The van der Waals surface area contributed by atoms with Gasteiger partial charge < -0.3 is 0 Å². The number of hydrogen-bond donors (Lipinski definition) is 0. The van der Waals surface area contributed by atoms with E-state index < -0.39 is 15.6 Å². The number of rotatable bonds is 15. The first-order valence-electron chi connectivity index (χ1n) is 9.03. The molecular weight excluding hydrogens is 398 g/mol. The lowest BCUT2D eigenvalue weighted by atomic mass is 10.2. The van der Waals surface area contributed by atoms with E-state index in [2.05, 4.69) is 0 Å². The zero-order valence-electron chi connectivity index (χ0n) is 17.3. The predicted octanol–water partition coefficient (Wildman–Crippen LogP) is 6.56. The summed E-state index contributed by atoms with van der Waals surface area (Å²) >= 11 is 0.964. The quantitative estimate of drug-likeness (QED) is 0.212. The van der Waals surface area contributed by atoms with Gasteiger partial charge in [0.25, 0.3) is 0 Å². The molecule has 7 nitrogen and oxygen atoms in total. The van der Waals surface area contributed by atoms with E-state index in [0.29, 0.717) is 11.7 Å². The maximum Gasteiger partial charge on any atom is 0.494 e. The number of phosphoric acid groups is 2. The summed E-state index contributed by atoms with van der Waals surface area (Å²) in [5, 5.41) is 0. The van der Waals surface area contributed by atoms with Crippen molar-refractivity contribution in [3.05, 3.63) is 0 Å². The van der Waals surface area contributed by atoms with Gasteiger partial charge in [0.15, 0.2) is 0 Å². The van der Waals surface area contributed by atoms with Crippen LogP contribution in [-0.4, -0.2) is 25.6 Å². The molecule has 0 aromatic heterocycles. The van der Waals surface area contributed by atoms with Gasteiger partial charge in [-0.05, 0) is 23.7 Å². The lowest BCUT2D eigenvalue weighted by Gasteiger charge is -2.24. The molecule has 0 aliphatic heterocycles. The Morgan fingerprint density at radius 3 is 1.38 bits per heavy atom. The Kier molecular flexibility index (Phi) is 13.3. The van der Waals surface area contributed by atoms with Crippen molar-refractivity contribution in [1.82, 2.24) is 0 Å². The average molecular weight is 434 g/mol. The van der Waals surface area contributed by atoms with Crippen LogP contribution in [-0.2, 0) is 31.0 Å². The van der Waals surface area contributed by atoms with Gasteiger partial charge in [0.05, 0.1) is 19.8 Å². The lowest BCUT2D eigenvalue weighted by Crippen LogP contribution is -2.10. The molecule has 1 unspecified atom stereocenters. The van der Waals surface area contributed by atoms with Gasteiger partial charge in [-0.15, -0.1) is 0 Å². The van der Waals surface area contributed by atoms with E-state index in [1.165, 1.54) is 0 Å². The largest absolute Gasteiger partial charge is 0.494 e. The van der Waals surface area contributed by atoms with Gasteiger partial charge in [-0.25, -0.2) is 13.1 Å². The van der Waals surface area contributed by atoms with Gasteiger partial charge in [0.1, 0.15) is 0 Å². The third kappa shape index (κ3) is 13.7. The van der Waals surface area contributed by atoms with Gasteiger partial charge in [0.2, 0.25) is 0 Å². The van der Waals surface area contributed by atoms with Crippen LogP contribution in [0.5, 0.6) is 0 Å². The SMILES string of the molecule is CC(C)COP(=O)(OCC(C)C)OP(=O)(OCC(C)C)OSCC(C)C. The topological polar surface area (TPSA) is 80.3 Å². The van der Waals surface area contributed by atoms with Crippen molar-refractivity contribution in [2.45, 2.75) is 55.4 Å². The van der Waals surface area contributed by atoms with Crippen molar-refractivity contribution < 1.29 is 31.0 Å². The van der Waals surface area contributed by atoms with Crippen molar-refractivity contribution in [2.24, 2.45) is 23.7 Å². The van der Waals surface area contributed by atoms with E-state index in [1.807, 2.05) is 55.4 Å². The summed E-state index contributed by atoms with van der Waals surface area (Å²) in [7, 11) is -8.22. The normalized spacial score (nSPS) is 15.4. The first kappa shape index (κ1) is 26.6. The monoisotopic (exact) mass is 434 g/mol. The van der Waals surface area contributed by atoms with Crippen LogP contribution >= 0.6 is 27.7 Å². The average Bonchev–Trinajstić information content (AvgIpc) is 2.49. The molecule has 10 heteroatoms. The molecule has 1 atom stereocenters. The van der Waals surface area contributed by atoms with Gasteiger partial charge in [0, 0.05) is 17.8 Å². The van der Waals surface area contributed by atoms with Crippen LogP contribution in [0.3, 0.4) is 0 Å². The molecule has 0 aliphatic carbocycles. The van der Waals surface area contributed by atoms with Crippen molar-refractivity contribution in [1.29, 1.82) is 0 Å². The van der Waals surface area contributed by atoms with Gasteiger partial charge in [-0.2, -0.15) is 4.31 Å². The van der Waals surface area contributed by atoms with E-state index in [-0.39, 0.29) is 37.6 Å². The minimum absolute atomic E-state index is 0.0955. The molecule has 0 aliphatic rings. The number of phosphoric ester groups is 1. The Morgan fingerprint density at radius 1 is 0.654 bits per heavy atom. The highest BCUT2D eigenvalue weighted by Gasteiger charge is 2.41. The summed E-state index contributed by atoms with van der Waals surface area (Å²) in [4.78, 5) is 0. The fraction of sp³-hybridized carbons (Fsp3) is 1.00. The van der Waals surface area contributed by atoms with E-state index in [0.717, 1.165) is 12.0 Å². The van der Waals surface area contributed by atoms with Gasteiger partial charge in [-0.1, -0.05) is 55.4 Å². The summed E-state index contributed by atoms with van der Waals surface area (Å²) in [5.41, 5.74) is 0. The Bertz CT molecular complexity index is 454. The zero-order chi connectivity index (χ0) is 20.4. The molecule has 0 amide bonds. The molecule has 0 bridgehead atoms. The van der Waals surface area contributed by atoms with Crippen molar-refractivity contribution in [2.75, 3.05) is 25.6 Å². The van der Waals surface area contributed by atoms with E-state index in [1.54, 1.807) is 0 Å². The summed E-state index contributed by atoms with van der Waals surface area (Å²) in [6, 6.07) is 0. The molecule has 0 saturated heterocycles. The van der Waals surface area contributed by atoms with Crippen LogP contribution in [0.2, 0.25) is 0 Å². The van der Waals surface area contributed by atoms with E-state index in [9.17, 15) is 9.13 Å². The summed E-state index contributed by atoms with van der Waals surface area (Å²) in [6.07, 6.45) is 0. The summed E-state index contributed by atoms with van der Waals surface area (Å²) < 4.78 is 52.5. The lowest BCUT2D eigenvalue weighted by molar-refractivity contribution is 0.111.